The summed E-state index contributed by atoms with van der Waals surface area (Å²) in [6.45, 7) is 2.11. The van der Waals surface area contributed by atoms with Crippen LogP contribution in [0.4, 0.5) is 0 Å². The molecule has 19 heavy (non-hydrogen) atoms. The van der Waals surface area contributed by atoms with Gasteiger partial charge in [0.25, 0.3) is 0 Å². The minimum absolute atomic E-state index is 0.492. The Morgan fingerprint density at radius 1 is 1.00 bits per heavy atom. The summed E-state index contributed by atoms with van der Waals surface area (Å²) in [5.41, 5.74) is 4.69. The molecular weight excluding hydrogens is 236 g/mol. The van der Waals surface area contributed by atoms with E-state index in [2.05, 4.69) is 19.1 Å². The predicted octanol–water partition coefficient (Wildman–Crippen LogP) is 3.67. The van der Waals surface area contributed by atoms with Crippen molar-refractivity contribution in [3.05, 3.63) is 53.6 Å². The molecule has 0 heterocycles. The van der Waals surface area contributed by atoms with E-state index in [9.17, 15) is 4.79 Å². The number of methoxy groups -OCH3 is 1. The highest BCUT2D eigenvalue weighted by atomic mass is 16.5. The maximum Gasteiger partial charge on any atom is 0.124 e. The highest BCUT2D eigenvalue weighted by Gasteiger charge is 2.04. The molecule has 0 fully saturated rings. The van der Waals surface area contributed by atoms with Gasteiger partial charge in [-0.1, -0.05) is 37.3 Å². The molecule has 0 unspecified atom stereocenters. The van der Waals surface area contributed by atoms with E-state index >= 15 is 0 Å². The average molecular weight is 254 g/mol. The largest absolute Gasteiger partial charge is 0.497 e. The lowest BCUT2D eigenvalue weighted by Crippen LogP contribution is -1.94. The quantitative estimate of drug-likeness (QED) is 0.761. The van der Waals surface area contributed by atoms with Crippen molar-refractivity contribution < 1.29 is 9.53 Å². The lowest BCUT2D eigenvalue weighted by molar-refractivity contribution is -0.107. The zero-order valence-electron chi connectivity index (χ0n) is 11.3. The average Bonchev–Trinajstić information content (AvgIpc) is 2.48. The number of benzene rings is 2. The monoisotopic (exact) mass is 254 g/mol. The highest BCUT2D eigenvalue weighted by Crippen LogP contribution is 2.25. The van der Waals surface area contributed by atoms with Gasteiger partial charge in [-0.05, 0) is 40.8 Å². The highest BCUT2D eigenvalue weighted by molar-refractivity contribution is 5.67. The lowest BCUT2D eigenvalue weighted by atomic mass is 9.96. The van der Waals surface area contributed by atoms with Gasteiger partial charge in [0.15, 0.2) is 0 Å². The van der Waals surface area contributed by atoms with E-state index in [0.717, 1.165) is 29.6 Å². The number of aryl methyl sites for hydroxylation is 1. The molecule has 0 aromatic heterocycles. The molecule has 0 radical (unpaired) electrons. The third-order valence-electron chi connectivity index (χ3n) is 3.31. The minimum Gasteiger partial charge on any atom is -0.497 e. The van der Waals surface area contributed by atoms with Crippen molar-refractivity contribution in [2.75, 3.05) is 7.11 Å². The molecule has 0 aliphatic rings. The van der Waals surface area contributed by atoms with Crippen LogP contribution in [-0.4, -0.2) is 13.4 Å². The van der Waals surface area contributed by atoms with Crippen molar-refractivity contribution in [2.24, 2.45) is 0 Å². The topological polar surface area (TPSA) is 26.3 Å². The molecule has 0 saturated heterocycles. The second-order valence-corrected chi connectivity index (χ2v) is 4.44. The molecule has 0 spiro atoms. The first-order chi connectivity index (χ1) is 9.28. The normalized spacial score (nSPS) is 10.2. The van der Waals surface area contributed by atoms with Crippen LogP contribution in [0, 0.1) is 0 Å². The number of hydrogen-bond acceptors (Lipinski definition) is 2. The summed E-state index contributed by atoms with van der Waals surface area (Å²) in [6.07, 6.45) is 2.39. The van der Waals surface area contributed by atoms with Crippen molar-refractivity contribution in [1.82, 2.24) is 0 Å². The van der Waals surface area contributed by atoms with Crippen LogP contribution >= 0.6 is 0 Å². The Hall–Kier alpha value is -2.09. The molecule has 0 amide bonds. The molecular formula is C17H18O2. The Balaban J connectivity index is 2.36. The van der Waals surface area contributed by atoms with Crippen molar-refractivity contribution in [1.29, 1.82) is 0 Å². The first-order valence-electron chi connectivity index (χ1n) is 6.48. The lowest BCUT2D eigenvalue weighted by Gasteiger charge is -2.09. The van der Waals surface area contributed by atoms with Crippen LogP contribution in [0.25, 0.3) is 11.1 Å². The van der Waals surface area contributed by atoms with Gasteiger partial charge in [0.1, 0.15) is 12.0 Å². The summed E-state index contributed by atoms with van der Waals surface area (Å²) in [5.74, 6) is 0.858. The number of aldehydes is 1. The zero-order chi connectivity index (χ0) is 13.7. The van der Waals surface area contributed by atoms with E-state index in [0.29, 0.717) is 6.42 Å². The maximum absolute atomic E-state index is 10.7. The summed E-state index contributed by atoms with van der Waals surface area (Å²) < 4.78 is 5.16. The van der Waals surface area contributed by atoms with Crippen molar-refractivity contribution in [3.8, 4) is 16.9 Å². The first-order valence-corrected chi connectivity index (χ1v) is 6.48. The van der Waals surface area contributed by atoms with Crippen LogP contribution < -0.4 is 4.74 Å². The molecule has 0 N–H and O–H groups in total. The van der Waals surface area contributed by atoms with Crippen LogP contribution in [0.2, 0.25) is 0 Å². The summed E-state index contributed by atoms with van der Waals surface area (Å²) >= 11 is 0. The molecule has 2 aromatic carbocycles. The standard InChI is InChI=1S/C17H18O2/c1-3-13-12-16(5-4-15(13)10-11-18)14-6-8-17(19-2)9-7-14/h4-9,11-12H,3,10H2,1-2H3. The Labute approximate surface area is 114 Å². The molecule has 98 valence electrons. The van der Waals surface area contributed by atoms with Gasteiger partial charge >= 0.3 is 0 Å². The van der Waals surface area contributed by atoms with E-state index in [-0.39, 0.29) is 0 Å². The third kappa shape index (κ3) is 3.02. The first kappa shape index (κ1) is 13.3. The van der Waals surface area contributed by atoms with Crippen molar-refractivity contribution in [3.63, 3.8) is 0 Å². The summed E-state index contributed by atoms with van der Waals surface area (Å²) in [6, 6.07) is 14.3. The van der Waals surface area contributed by atoms with Crippen molar-refractivity contribution >= 4 is 6.29 Å². The maximum atomic E-state index is 10.7. The fourth-order valence-electron chi connectivity index (χ4n) is 2.21. The van der Waals surface area contributed by atoms with E-state index < -0.39 is 0 Å². The Kier molecular flexibility index (Phi) is 4.35. The molecule has 0 atom stereocenters. The molecule has 0 aliphatic heterocycles. The number of carbonyl (C=O) groups is 1. The number of ether oxygens (including phenoxy) is 1. The van der Waals surface area contributed by atoms with Gasteiger partial charge < -0.3 is 9.53 Å². The second kappa shape index (κ2) is 6.19. The number of hydrogen-bond donors (Lipinski definition) is 0. The van der Waals surface area contributed by atoms with E-state index in [4.69, 9.17) is 4.74 Å². The van der Waals surface area contributed by atoms with Gasteiger partial charge in [0, 0.05) is 6.42 Å². The SMILES string of the molecule is CCc1cc(-c2ccc(OC)cc2)ccc1CC=O. The Bertz CT molecular complexity index is 556. The summed E-state index contributed by atoms with van der Waals surface area (Å²) in [4.78, 5) is 10.7. The number of rotatable bonds is 5. The van der Waals surface area contributed by atoms with Crippen LogP contribution in [0.5, 0.6) is 5.75 Å². The van der Waals surface area contributed by atoms with E-state index in [1.807, 2.05) is 30.3 Å². The van der Waals surface area contributed by atoms with Crippen LogP contribution in [0.1, 0.15) is 18.1 Å². The molecule has 0 aliphatic carbocycles. The zero-order valence-corrected chi connectivity index (χ0v) is 11.3. The van der Waals surface area contributed by atoms with Gasteiger partial charge in [0.05, 0.1) is 7.11 Å². The molecule has 2 rings (SSSR count). The van der Waals surface area contributed by atoms with Crippen LogP contribution in [0.3, 0.4) is 0 Å². The molecule has 0 bridgehead atoms. The molecule has 2 heteroatoms. The van der Waals surface area contributed by atoms with E-state index in [1.54, 1.807) is 7.11 Å². The summed E-state index contributed by atoms with van der Waals surface area (Å²) in [7, 11) is 1.67. The number of carbonyl (C=O) groups excluding carboxylic acids is 1. The molecule has 2 aromatic rings. The molecule has 0 saturated carbocycles. The Morgan fingerprint density at radius 3 is 2.26 bits per heavy atom. The smallest absolute Gasteiger partial charge is 0.124 e. The van der Waals surface area contributed by atoms with E-state index in [1.165, 1.54) is 11.1 Å². The minimum atomic E-state index is 0.492. The van der Waals surface area contributed by atoms with Crippen LogP contribution in [0.15, 0.2) is 42.5 Å². The van der Waals surface area contributed by atoms with Gasteiger partial charge in [0.2, 0.25) is 0 Å². The van der Waals surface area contributed by atoms with Gasteiger partial charge in [-0.3, -0.25) is 0 Å². The Morgan fingerprint density at radius 2 is 1.68 bits per heavy atom. The van der Waals surface area contributed by atoms with Crippen LogP contribution in [-0.2, 0) is 17.6 Å². The third-order valence-corrected chi connectivity index (χ3v) is 3.31. The van der Waals surface area contributed by atoms with Crippen molar-refractivity contribution in [2.45, 2.75) is 19.8 Å². The molecule has 2 nitrogen and oxygen atoms in total. The fourth-order valence-corrected chi connectivity index (χ4v) is 2.21. The summed E-state index contributed by atoms with van der Waals surface area (Å²) in [5, 5.41) is 0. The van der Waals surface area contributed by atoms with Gasteiger partial charge in [-0.15, -0.1) is 0 Å². The fraction of sp³-hybridized carbons (Fsp3) is 0.235. The predicted molar refractivity (Wildman–Crippen MR) is 77.6 cm³/mol. The second-order valence-electron chi connectivity index (χ2n) is 4.44. The van der Waals surface area contributed by atoms with Gasteiger partial charge in [-0.25, -0.2) is 0 Å². The van der Waals surface area contributed by atoms with Gasteiger partial charge in [-0.2, -0.15) is 0 Å².